The maximum atomic E-state index is 12.1. The molecule has 0 unspecified atom stereocenters. The van der Waals surface area contributed by atoms with Crippen molar-refractivity contribution < 1.29 is 22.7 Å². The van der Waals surface area contributed by atoms with Gasteiger partial charge in [-0.15, -0.1) is 13.2 Å². The first-order valence-electron chi connectivity index (χ1n) is 6.84. The van der Waals surface area contributed by atoms with Gasteiger partial charge in [-0.3, -0.25) is 4.79 Å². The van der Waals surface area contributed by atoms with E-state index in [-0.39, 0.29) is 11.5 Å². The van der Waals surface area contributed by atoms with Crippen molar-refractivity contribution in [2.45, 2.75) is 26.1 Å². The molecule has 116 valence electrons. The van der Waals surface area contributed by atoms with E-state index in [9.17, 15) is 18.0 Å². The summed E-state index contributed by atoms with van der Waals surface area (Å²) in [5.41, 5.74) is 2.52. The summed E-state index contributed by atoms with van der Waals surface area (Å²) in [4.78, 5) is 11.5. The summed E-state index contributed by atoms with van der Waals surface area (Å²) >= 11 is 0. The molecule has 0 saturated carbocycles. The van der Waals surface area contributed by atoms with Crippen LogP contribution in [0.2, 0.25) is 0 Å². The Hall–Kier alpha value is -2.30. The highest BCUT2D eigenvalue weighted by Crippen LogP contribution is 2.23. The highest BCUT2D eigenvalue weighted by molar-refractivity contribution is 5.95. The lowest BCUT2D eigenvalue weighted by atomic mass is 10.0. The van der Waals surface area contributed by atoms with Crippen LogP contribution < -0.4 is 4.74 Å². The average Bonchev–Trinajstić information content (AvgIpc) is 2.48. The fourth-order valence-electron chi connectivity index (χ4n) is 2.06. The molecule has 2 aromatic rings. The maximum absolute atomic E-state index is 12.1. The topological polar surface area (TPSA) is 26.3 Å². The normalized spacial score (nSPS) is 11.3. The molecular formula is C17H15F3O2. The molecule has 0 aromatic heterocycles. The molecule has 0 N–H and O–H groups in total. The summed E-state index contributed by atoms with van der Waals surface area (Å²) in [7, 11) is 0. The number of halogens is 3. The Bertz CT molecular complexity index is 628. The van der Waals surface area contributed by atoms with E-state index in [2.05, 4.69) is 4.74 Å². The number of carbonyl (C=O) groups is 1. The van der Waals surface area contributed by atoms with Crippen LogP contribution in [0, 0.1) is 0 Å². The van der Waals surface area contributed by atoms with Crippen LogP contribution in [0.4, 0.5) is 13.2 Å². The molecule has 0 aliphatic heterocycles. The van der Waals surface area contributed by atoms with E-state index in [0.717, 1.165) is 11.1 Å². The Morgan fingerprint density at radius 3 is 1.91 bits per heavy atom. The number of hydrogen-bond acceptors (Lipinski definition) is 2. The van der Waals surface area contributed by atoms with Crippen molar-refractivity contribution in [3.63, 3.8) is 0 Å². The molecule has 0 spiro atoms. The lowest BCUT2D eigenvalue weighted by Gasteiger charge is -2.09. The van der Waals surface area contributed by atoms with E-state index in [0.29, 0.717) is 18.4 Å². The van der Waals surface area contributed by atoms with Gasteiger partial charge < -0.3 is 4.74 Å². The van der Waals surface area contributed by atoms with Gasteiger partial charge in [-0.05, 0) is 29.7 Å². The van der Waals surface area contributed by atoms with E-state index < -0.39 is 6.36 Å². The number of hydrogen-bond donors (Lipinski definition) is 0. The molecule has 0 atom stereocenters. The third-order valence-corrected chi connectivity index (χ3v) is 3.16. The van der Waals surface area contributed by atoms with Crippen molar-refractivity contribution in [3.05, 3.63) is 65.2 Å². The van der Waals surface area contributed by atoms with Crippen LogP contribution >= 0.6 is 0 Å². The monoisotopic (exact) mass is 308 g/mol. The van der Waals surface area contributed by atoms with E-state index in [1.54, 1.807) is 31.2 Å². The van der Waals surface area contributed by atoms with E-state index in [1.807, 2.05) is 12.1 Å². The predicted molar refractivity (Wildman–Crippen MR) is 77.0 cm³/mol. The molecule has 0 aliphatic rings. The van der Waals surface area contributed by atoms with E-state index in [1.165, 1.54) is 12.1 Å². The van der Waals surface area contributed by atoms with Crippen LogP contribution in [0.25, 0.3) is 0 Å². The van der Waals surface area contributed by atoms with Crippen molar-refractivity contribution in [2.75, 3.05) is 0 Å². The zero-order valence-electron chi connectivity index (χ0n) is 12.0. The lowest BCUT2D eigenvalue weighted by Crippen LogP contribution is -2.17. The molecule has 0 saturated heterocycles. The molecule has 0 fully saturated rings. The smallest absolute Gasteiger partial charge is 0.406 e. The zero-order chi connectivity index (χ0) is 16.2. The van der Waals surface area contributed by atoms with Gasteiger partial charge in [0.25, 0.3) is 0 Å². The van der Waals surface area contributed by atoms with Gasteiger partial charge in [0.05, 0.1) is 0 Å². The third kappa shape index (κ3) is 4.62. The number of carbonyl (C=O) groups excluding carboxylic acids is 1. The summed E-state index contributed by atoms with van der Waals surface area (Å²) in [6.07, 6.45) is -3.64. The maximum Gasteiger partial charge on any atom is 0.573 e. The van der Waals surface area contributed by atoms with Gasteiger partial charge in [-0.25, -0.2) is 0 Å². The minimum Gasteiger partial charge on any atom is -0.406 e. The van der Waals surface area contributed by atoms with Crippen LogP contribution in [0.3, 0.4) is 0 Å². The highest BCUT2D eigenvalue weighted by atomic mass is 19.4. The summed E-state index contributed by atoms with van der Waals surface area (Å²) in [5.74, 6) is -0.152. The lowest BCUT2D eigenvalue weighted by molar-refractivity contribution is -0.274. The largest absolute Gasteiger partial charge is 0.573 e. The van der Waals surface area contributed by atoms with E-state index in [4.69, 9.17) is 0 Å². The Balaban J connectivity index is 2.03. The van der Waals surface area contributed by atoms with Crippen LogP contribution in [0.1, 0.15) is 34.8 Å². The zero-order valence-corrected chi connectivity index (χ0v) is 12.0. The first-order valence-corrected chi connectivity index (χ1v) is 6.84. The second kappa shape index (κ2) is 6.64. The van der Waals surface area contributed by atoms with Gasteiger partial charge in [-0.1, -0.05) is 43.3 Å². The fourth-order valence-corrected chi connectivity index (χ4v) is 2.06. The minimum atomic E-state index is -4.68. The number of benzene rings is 2. The van der Waals surface area contributed by atoms with Crippen molar-refractivity contribution >= 4 is 5.78 Å². The van der Waals surface area contributed by atoms with Gasteiger partial charge in [0.1, 0.15) is 5.75 Å². The SMILES string of the molecule is CCC(=O)c1ccc(Cc2ccc(OC(F)(F)F)cc2)cc1. The predicted octanol–water partition coefficient (Wildman–Crippen LogP) is 4.77. The minimum absolute atomic E-state index is 0.0835. The molecule has 0 amide bonds. The number of rotatable bonds is 5. The van der Waals surface area contributed by atoms with E-state index >= 15 is 0 Å². The molecule has 0 radical (unpaired) electrons. The number of Topliss-reactive ketones (excluding diaryl/α,β-unsaturated/α-hetero) is 1. The molecule has 2 aromatic carbocycles. The van der Waals surface area contributed by atoms with Crippen molar-refractivity contribution in [1.82, 2.24) is 0 Å². The fraction of sp³-hybridized carbons (Fsp3) is 0.235. The molecule has 22 heavy (non-hydrogen) atoms. The number of ketones is 1. The summed E-state index contributed by atoms with van der Waals surface area (Å²) in [6, 6.07) is 13.0. The molecule has 2 nitrogen and oxygen atoms in total. The third-order valence-electron chi connectivity index (χ3n) is 3.16. The van der Waals surface area contributed by atoms with Crippen molar-refractivity contribution in [1.29, 1.82) is 0 Å². The van der Waals surface area contributed by atoms with Crippen molar-refractivity contribution in [3.8, 4) is 5.75 Å². The Labute approximate surface area is 126 Å². The first-order chi connectivity index (χ1) is 10.4. The van der Waals surface area contributed by atoms with Gasteiger partial charge in [0, 0.05) is 12.0 Å². The van der Waals surface area contributed by atoms with Crippen LogP contribution in [-0.2, 0) is 6.42 Å². The van der Waals surface area contributed by atoms with Crippen LogP contribution in [0.15, 0.2) is 48.5 Å². The number of alkyl halides is 3. The van der Waals surface area contributed by atoms with Crippen molar-refractivity contribution in [2.24, 2.45) is 0 Å². The Morgan fingerprint density at radius 2 is 1.45 bits per heavy atom. The second-order valence-electron chi connectivity index (χ2n) is 4.84. The Kier molecular flexibility index (Phi) is 4.85. The summed E-state index contributed by atoms with van der Waals surface area (Å²) in [6.45, 7) is 1.81. The summed E-state index contributed by atoms with van der Waals surface area (Å²) in [5, 5.41) is 0. The molecule has 2 rings (SSSR count). The van der Waals surface area contributed by atoms with Gasteiger partial charge in [0.15, 0.2) is 5.78 Å². The second-order valence-corrected chi connectivity index (χ2v) is 4.84. The standard InChI is InChI=1S/C17H15F3O2/c1-2-16(21)14-7-3-12(4-8-14)11-13-5-9-15(10-6-13)22-17(18,19)20/h3-10H,2,11H2,1H3. The van der Waals surface area contributed by atoms with Gasteiger partial charge >= 0.3 is 6.36 Å². The average molecular weight is 308 g/mol. The van der Waals surface area contributed by atoms with Gasteiger partial charge in [-0.2, -0.15) is 0 Å². The molecule has 0 aliphatic carbocycles. The molecule has 5 heteroatoms. The number of ether oxygens (including phenoxy) is 1. The molecule has 0 heterocycles. The summed E-state index contributed by atoms with van der Waals surface area (Å²) < 4.78 is 40.0. The van der Waals surface area contributed by atoms with Gasteiger partial charge in [0.2, 0.25) is 0 Å². The molecular weight excluding hydrogens is 293 g/mol. The van der Waals surface area contributed by atoms with Crippen LogP contribution in [0.5, 0.6) is 5.75 Å². The quantitative estimate of drug-likeness (QED) is 0.744. The molecule has 0 bridgehead atoms. The Morgan fingerprint density at radius 1 is 0.955 bits per heavy atom. The van der Waals surface area contributed by atoms with Crippen LogP contribution in [-0.4, -0.2) is 12.1 Å². The highest BCUT2D eigenvalue weighted by Gasteiger charge is 2.30. The first kappa shape index (κ1) is 16.1.